The van der Waals surface area contributed by atoms with Crippen LogP contribution in [0, 0.1) is 0 Å². The van der Waals surface area contributed by atoms with Crippen LogP contribution >= 0.6 is 11.6 Å². The Labute approximate surface area is 450 Å². The molecule has 0 unspecified atom stereocenters. The summed E-state index contributed by atoms with van der Waals surface area (Å²) in [4.78, 5) is 136. The number of rotatable bonds is 20. The van der Waals surface area contributed by atoms with E-state index < -0.39 is 95.5 Å². The van der Waals surface area contributed by atoms with Crippen LogP contribution in [0.3, 0.4) is 0 Å². The Kier molecular flexibility index (Phi) is 25.4. The number of primary amides is 1. The highest BCUT2D eigenvalue weighted by Gasteiger charge is 2.35. The summed E-state index contributed by atoms with van der Waals surface area (Å²) in [5.41, 5.74) is 35.6. The van der Waals surface area contributed by atoms with Crippen molar-refractivity contribution in [2.24, 2.45) is 44.4 Å². The molecule has 21 N–H and O–H groups in total. The van der Waals surface area contributed by atoms with Gasteiger partial charge in [-0.15, -0.1) is 0 Å². The van der Waals surface area contributed by atoms with Crippen LogP contribution < -0.4 is 76.9 Å². The summed E-state index contributed by atoms with van der Waals surface area (Å²) in [6.45, 7) is 1.60. The van der Waals surface area contributed by atoms with Crippen LogP contribution in [-0.4, -0.2) is 139 Å². The van der Waals surface area contributed by atoms with Crippen LogP contribution in [0.15, 0.2) is 64.7 Å². The van der Waals surface area contributed by atoms with Crippen LogP contribution in [0.25, 0.3) is 10.9 Å². The maximum absolute atomic E-state index is 14.7. The van der Waals surface area contributed by atoms with Crippen LogP contribution in [0.5, 0.6) is 0 Å². The first-order valence-corrected chi connectivity index (χ1v) is 25.9. The minimum Gasteiger partial charge on any atom is -0.370 e. The number of aromatic amines is 1. The smallest absolute Gasteiger partial charge is 0.243 e. The van der Waals surface area contributed by atoms with Gasteiger partial charge in [0.05, 0.1) is 0 Å². The highest BCUT2D eigenvalue weighted by atomic mass is 35.5. The second-order valence-corrected chi connectivity index (χ2v) is 19.1. The van der Waals surface area contributed by atoms with Gasteiger partial charge in [0.2, 0.25) is 53.2 Å². The molecule has 2 heterocycles. The van der Waals surface area contributed by atoms with Gasteiger partial charge in [-0.3, -0.25) is 53.1 Å². The number of benzene rings is 2. The molecule has 4 rings (SSSR count). The zero-order chi connectivity index (χ0) is 56.4. The zero-order valence-corrected chi connectivity index (χ0v) is 43.9. The van der Waals surface area contributed by atoms with Gasteiger partial charge in [0.15, 0.2) is 11.9 Å². The molecular formula is C50H74ClN17O9. The van der Waals surface area contributed by atoms with Crippen LogP contribution in [0.4, 0.5) is 0 Å². The molecule has 1 aliphatic rings. The van der Waals surface area contributed by atoms with Gasteiger partial charge in [-0.25, -0.2) is 0 Å². The van der Waals surface area contributed by atoms with Crippen LogP contribution in [-0.2, 0) is 56.0 Å². The molecule has 1 aliphatic heterocycles. The molecule has 9 amide bonds. The van der Waals surface area contributed by atoms with Crippen molar-refractivity contribution >= 4 is 87.6 Å². The SMILES string of the molecule is CC(=O)N[C@@H](CCCN=C(N)N)C(=O)N[C@H]1CCC(=O)NCCC[C@@H](C(N)=O)NC(=O)[C@H](Cc2c[nH]c3ccccc23)NC(=O)[C@H](CCCN=C(N)N)NC(=O)[C@@H](Cc2cccc(Cl)c2)NC(=O)[C@H](CCCCN)NC1=O. The van der Waals surface area contributed by atoms with E-state index in [1.807, 2.05) is 18.2 Å². The first kappa shape index (κ1) is 61.5. The van der Waals surface area contributed by atoms with Gasteiger partial charge >= 0.3 is 0 Å². The Morgan fingerprint density at radius 2 is 1.32 bits per heavy atom. The molecule has 0 saturated carbocycles. The van der Waals surface area contributed by atoms with E-state index in [9.17, 15) is 43.2 Å². The number of carbonyl (C=O) groups excluding carboxylic acids is 9. The fourth-order valence-electron chi connectivity index (χ4n) is 8.48. The molecule has 2 aromatic carbocycles. The van der Waals surface area contributed by atoms with Crippen molar-refractivity contribution in [2.75, 3.05) is 26.2 Å². The van der Waals surface area contributed by atoms with Crippen molar-refractivity contribution in [1.82, 2.24) is 47.5 Å². The highest BCUT2D eigenvalue weighted by Crippen LogP contribution is 2.20. The number of hydrogen-bond acceptors (Lipinski definition) is 12. The summed E-state index contributed by atoms with van der Waals surface area (Å²) in [7, 11) is 0. The van der Waals surface area contributed by atoms with Gasteiger partial charge in [0, 0.05) is 67.9 Å². The predicted molar refractivity (Wildman–Crippen MR) is 290 cm³/mol. The monoisotopic (exact) mass is 1090 g/mol. The molecule has 1 fully saturated rings. The van der Waals surface area contributed by atoms with E-state index in [0.29, 0.717) is 29.0 Å². The maximum atomic E-state index is 14.7. The Balaban J connectivity index is 1.79. The Morgan fingerprint density at radius 3 is 1.97 bits per heavy atom. The number of nitrogens with zero attached hydrogens (tertiary/aromatic N) is 2. The summed E-state index contributed by atoms with van der Waals surface area (Å²) in [6, 6.07) is 4.34. The summed E-state index contributed by atoms with van der Waals surface area (Å²) in [5, 5.41) is 22.6. The van der Waals surface area contributed by atoms with Gasteiger partial charge in [-0.05, 0) is 100 Å². The lowest BCUT2D eigenvalue weighted by Gasteiger charge is -2.28. The number of para-hydroxylation sites is 1. The van der Waals surface area contributed by atoms with Crippen molar-refractivity contribution in [1.29, 1.82) is 0 Å². The Morgan fingerprint density at radius 1 is 0.714 bits per heavy atom. The summed E-state index contributed by atoms with van der Waals surface area (Å²) in [5.74, 6) is -7.35. The number of aliphatic imine (C=N–C) groups is 2. The zero-order valence-electron chi connectivity index (χ0n) is 43.2. The summed E-state index contributed by atoms with van der Waals surface area (Å²) < 4.78 is 0. The van der Waals surface area contributed by atoms with Crippen molar-refractivity contribution in [3.8, 4) is 0 Å². The third-order valence-corrected chi connectivity index (χ3v) is 12.7. The van der Waals surface area contributed by atoms with Crippen molar-refractivity contribution in [3.63, 3.8) is 0 Å². The third-order valence-electron chi connectivity index (χ3n) is 12.4. The van der Waals surface area contributed by atoms with Crippen LogP contribution in [0.2, 0.25) is 5.02 Å². The van der Waals surface area contributed by atoms with Gasteiger partial charge in [0.1, 0.15) is 42.3 Å². The predicted octanol–water partition coefficient (Wildman–Crippen LogP) is -2.57. The summed E-state index contributed by atoms with van der Waals surface area (Å²) in [6.07, 6.45) is 1.99. The van der Waals surface area contributed by atoms with Crippen molar-refractivity contribution in [2.45, 2.75) is 133 Å². The molecule has 3 aromatic rings. The number of guanidine groups is 2. The fraction of sp³-hybridized carbons (Fsp3) is 0.500. The average Bonchev–Trinajstić information content (AvgIpc) is 3.78. The highest BCUT2D eigenvalue weighted by molar-refractivity contribution is 6.30. The number of hydrogen-bond donors (Lipinski definition) is 15. The molecule has 7 atom stereocenters. The first-order valence-electron chi connectivity index (χ1n) is 25.5. The number of nitrogens with two attached hydrogens (primary N) is 6. The lowest BCUT2D eigenvalue weighted by atomic mass is 10.0. The molecule has 0 aliphatic carbocycles. The molecule has 0 bridgehead atoms. The molecular weight excluding hydrogens is 1020 g/mol. The Hall–Kier alpha value is -8.00. The maximum Gasteiger partial charge on any atom is 0.243 e. The lowest BCUT2D eigenvalue weighted by molar-refractivity contribution is -0.136. The molecule has 1 saturated heterocycles. The van der Waals surface area contributed by atoms with E-state index in [-0.39, 0.29) is 109 Å². The van der Waals surface area contributed by atoms with E-state index >= 15 is 0 Å². The number of unbranched alkanes of at least 4 members (excludes halogenated alkanes) is 1. The van der Waals surface area contributed by atoms with Crippen LogP contribution in [0.1, 0.15) is 88.7 Å². The standard InChI is InChI=1S/C50H74ClN17O9/c1-28(69)62-35(16-8-22-59-49(54)55)43(72)66-38-18-19-41(70)58-21-7-15-34(42(53)71)63-48(77)40(26-30-27-61-33-13-3-2-12-32(30)33)68-45(74)37(17-9-23-60-50(56)57)65-47(76)39(25-29-10-6-11-31(51)24-29)67-44(73)36(64-46(38)75)14-4-5-20-52/h2-3,6,10-13,24,27,34-40,61H,4-5,7-9,14-23,25-26,52H2,1H3,(H2,53,71)(H,58,70)(H,62,69)(H,63,77)(H,64,75)(H,65,76)(H,66,72)(H,67,73)(H,68,74)(H4,54,55,59)(H4,56,57,60)/t34-,35-,36-,37-,38-,39+,40-/m0/s1. The van der Waals surface area contributed by atoms with E-state index in [1.165, 1.54) is 6.92 Å². The first-order chi connectivity index (χ1) is 36.7. The number of H-pyrrole nitrogens is 1. The third kappa shape index (κ3) is 21.6. The summed E-state index contributed by atoms with van der Waals surface area (Å²) >= 11 is 6.36. The second-order valence-electron chi connectivity index (χ2n) is 18.6. The molecule has 0 spiro atoms. The minimum atomic E-state index is -1.47. The Bertz CT molecular complexity index is 2590. The lowest BCUT2D eigenvalue weighted by Crippen LogP contribution is -2.60. The number of carbonyl (C=O) groups is 9. The fourth-order valence-corrected chi connectivity index (χ4v) is 8.69. The molecule has 77 heavy (non-hydrogen) atoms. The number of aromatic nitrogens is 1. The quantitative estimate of drug-likeness (QED) is 0.0315. The molecule has 27 heteroatoms. The molecule has 26 nitrogen and oxygen atoms in total. The van der Waals surface area contributed by atoms with E-state index in [4.69, 9.17) is 46.0 Å². The molecule has 1 aromatic heterocycles. The second kappa shape index (κ2) is 31.8. The molecule has 0 radical (unpaired) electrons. The number of nitrogens with one attached hydrogen (secondary N) is 9. The number of halogens is 1. The normalized spacial score (nSPS) is 20.9. The van der Waals surface area contributed by atoms with Gasteiger partial charge in [-0.1, -0.05) is 41.9 Å². The van der Waals surface area contributed by atoms with E-state index in [0.717, 1.165) is 10.9 Å². The largest absolute Gasteiger partial charge is 0.370 e. The van der Waals surface area contributed by atoms with E-state index in [2.05, 4.69) is 57.5 Å². The van der Waals surface area contributed by atoms with Gasteiger partial charge in [0.25, 0.3) is 0 Å². The molecule has 420 valence electrons. The topological polar surface area (TPSA) is 446 Å². The minimum absolute atomic E-state index is 0.00272. The van der Waals surface area contributed by atoms with Crippen molar-refractivity contribution in [3.05, 3.63) is 70.9 Å². The van der Waals surface area contributed by atoms with E-state index in [1.54, 1.807) is 36.5 Å². The number of amides is 9. The number of fused-ring (bicyclic) bond motifs is 1. The average molecular weight is 1090 g/mol. The van der Waals surface area contributed by atoms with Gasteiger partial charge < -0.3 is 81.9 Å². The van der Waals surface area contributed by atoms with Crippen molar-refractivity contribution < 1.29 is 43.2 Å². The van der Waals surface area contributed by atoms with Gasteiger partial charge in [-0.2, -0.15) is 0 Å².